The molecule has 1 nitrogen and oxygen atoms in total. The zero-order valence-corrected chi connectivity index (χ0v) is 11.6. The maximum absolute atomic E-state index is 13.6. The van der Waals surface area contributed by atoms with Crippen molar-refractivity contribution >= 4 is 23.4 Å². The normalized spacial score (nSPS) is 12.2. The Kier molecular flexibility index (Phi) is 5.22. The van der Waals surface area contributed by atoms with E-state index in [2.05, 4.69) is 5.32 Å². The van der Waals surface area contributed by atoms with Gasteiger partial charge in [-0.25, -0.2) is 0 Å². The van der Waals surface area contributed by atoms with Crippen LogP contribution in [0.25, 0.3) is 0 Å². The fraction of sp³-hybridized carbons (Fsp3) is 0.500. The van der Waals surface area contributed by atoms with Gasteiger partial charge in [0.05, 0.1) is 11.6 Å². The lowest BCUT2D eigenvalue weighted by atomic mass is 10.1. The Bertz CT molecular complexity index is 383. The van der Waals surface area contributed by atoms with Crippen molar-refractivity contribution < 1.29 is 8.78 Å². The minimum absolute atomic E-state index is 0.0510. The number of hydrogen-bond donors (Lipinski definition) is 1. The lowest BCUT2D eigenvalue weighted by Crippen LogP contribution is -2.28. The molecule has 0 amide bonds. The fourth-order valence-corrected chi connectivity index (χ4v) is 2.54. The fourth-order valence-electron chi connectivity index (χ4n) is 1.40. The van der Waals surface area contributed by atoms with E-state index in [0.717, 1.165) is 4.90 Å². The van der Waals surface area contributed by atoms with Gasteiger partial charge >= 0.3 is 0 Å². The average molecular weight is 280 g/mol. The molecule has 1 aromatic rings. The third kappa shape index (κ3) is 4.12. The number of hydrogen-bond acceptors (Lipinski definition) is 2. The van der Waals surface area contributed by atoms with E-state index in [1.165, 1.54) is 19.2 Å². The molecule has 0 aliphatic rings. The Morgan fingerprint density at radius 1 is 1.41 bits per heavy atom. The molecule has 0 saturated carbocycles. The highest BCUT2D eigenvalue weighted by atomic mass is 35.5. The number of rotatable bonds is 5. The van der Waals surface area contributed by atoms with Crippen LogP contribution in [0, 0.1) is 0 Å². The molecule has 0 unspecified atom stereocenters. The first-order valence-electron chi connectivity index (χ1n) is 5.36. The molecule has 1 N–H and O–H groups in total. The molecule has 0 radical (unpaired) electrons. The molecule has 0 spiro atoms. The third-order valence-electron chi connectivity index (χ3n) is 2.12. The highest BCUT2D eigenvalue weighted by Gasteiger charge is 2.31. The van der Waals surface area contributed by atoms with Crippen molar-refractivity contribution in [2.24, 2.45) is 0 Å². The number of likely N-dealkylation sites (N-methyl/N-ethyl adjacent to an activating group) is 1. The van der Waals surface area contributed by atoms with Gasteiger partial charge in [-0.2, -0.15) is 8.78 Å². The minimum atomic E-state index is -2.89. The van der Waals surface area contributed by atoms with E-state index in [9.17, 15) is 8.78 Å². The van der Waals surface area contributed by atoms with Crippen molar-refractivity contribution in [1.82, 2.24) is 5.32 Å². The molecule has 1 aromatic carbocycles. The van der Waals surface area contributed by atoms with E-state index in [1.54, 1.807) is 17.8 Å². The molecule has 0 heterocycles. The standard InChI is InChI=1S/C12H16ClF2NS/c1-8(2)17-11-5-4-9(6-10(11)13)12(14,15)7-16-3/h4-6,8,16H,7H2,1-3H3. The van der Waals surface area contributed by atoms with Crippen LogP contribution in [-0.4, -0.2) is 18.8 Å². The summed E-state index contributed by atoms with van der Waals surface area (Å²) in [5, 5.41) is 3.23. The first-order valence-corrected chi connectivity index (χ1v) is 6.61. The summed E-state index contributed by atoms with van der Waals surface area (Å²) in [4.78, 5) is 0.839. The Morgan fingerprint density at radius 2 is 2.06 bits per heavy atom. The highest BCUT2D eigenvalue weighted by molar-refractivity contribution is 8.00. The number of alkyl halides is 2. The summed E-state index contributed by atoms with van der Waals surface area (Å²) in [6.07, 6.45) is 0. The molecule has 0 aliphatic carbocycles. The van der Waals surface area contributed by atoms with Crippen LogP contribution < -0.4 is 5.32 Å². The molecule has 0 fully saturated rings. The van der Waals surface area contributed by atoms with E-state index in [4.69, 9.17) is 11.6 Å². The molecule has 5 heteroatoms. The van der Waals surface area contributed by atoms with Gasteiger partial charge in [-0.15, -0.1) is 11.8 Å². The first-order chi connectivity index (χ1) is 7.86. The van der Waals surface area contributed by atoms with Crippen molar-refractivity contribution in [2.75, 3.05) is 13.6 Å². The van der Waals surface area contributed by atoms with Gasteiger partial charge in [0.2, 0.25) is 0 Å². The van der Waals surface area contributed by atoms with Crippen LogP contribution in [0.4, 0.5) is 8.78 Å². The van der Waals surface area contributed by atoms with Gasteiger partial charge in [0.25, 0.3) is 5.92 Å². The van der Waals surface area contributed by atoms with E-state index in [1.807, 2.05) is 13.8 Å². The SMILES string of the molecule is CNCC(F)(F)c1ccc(SC(C)C)c(Cl)c1. The predicted octanol–water partition coefficient (Wildman–Crippen LogP) is 4.15. The van der Waals surface area contributed by atoms with Crippen molar-refractivity contribution in [3.63, 3.8) is 0 Å². The first kappa shape index (κ1) is 14.7. The summed E-state index contributed by atoms with van der Waals surface area (Å²) in [6, 6.07) is 4.45. The lowest BCUT2D eigenvalue weighted by molar-refractivity contribution is -0.00129. The summed E-state index contributed by atoms with van der Waals surface area (Å²) < 4.78 is 27.2. The van der Waals surface area contributed by atoms with Crippen LogP contribution in [0.5, 0.6) is 0 Å². The van der Waals surface area contributed by atoms with Gasteiger partial charge in [0.15, 0.2) is 0 Å². The zero-order chi connectivity index (χ0) is 13.1. The van der Waals surface area contributed by atoms with E-state index in [-0.39, 0.29) is 12.1 Å². The smallest absolute Gasteiger partial charge is 0.285 e. The summed E-state index contributed by atoms with van der Waals surface area (Å²) >= 11 is 7.57. The number of halogens is 3. The molecule has 0 aliphatic heterocycles. The van der Waals surface area contributed by atoms with Gasteiger partial charge in [-0.3, -0.25) is 0 Å². The third-order valence-corrected chi connectivity index (χ3v) is 3.62. The van der Waals surface area contributed by atoms with Gasteiger partial charge in [0, 0.05) is 15.7 Å². The summed E-state index contributed by atoms with van der Waals surface area (Å²) in [7, 11) is 1.50. The van der Waals surface area contributed by atoms with Gasteiger partial charge in [0.1, 0.15) is 0 Å². The van der Waals surface area contributed by atoms with Gasteiger partial charge < -0.3 is 5.32 Å². The Morgan fingerprint density at radius 3 is 2.53 bits per heavy atom. The summed E-state index contributed by atoms with van der Waals surface area (Å²) in [5.74, 6) is -2.89. The second-order valence-corrected chi connectivity index (χ2v) is 6.07. The van der Waals surface area contributed by atoms with Crippen LogP contribution in [0.1, 0.15) is 19.4 Å². The maximum atomic E-state index is 13.6. The van der Waals surface area contributed by atoms with E-state index in [0.29, 0.717) is 10.3 Å². The Balaban J connectivity index is 2.95. The monoisotopic (exact) mass is 279 g/mol. The minimum Gasteiger partial charge on any atom is -0.314 e. The maximum Gasteiger partial charge on any atom is 0.285 e. The van der Waals surface area contributed by atoms with Crippen LogP contribution in [0.2, 0.25) is 5.02 Å². The zero-order valence-electron chi connectivity index (χ0n) is 10.1. The van der Waals surface area contributed by atoms with Crippen LogP contribution in [0.15, 0.2) is 23.1 Å². The summed E-state index contributed by atoms with van der Waals surface area (Å²) in [6.45, 7) is 3.68. The quantitative estimate of drug-likeness (QED) is 0.813. The second-order valence-electron chi connectivity index (χ2n) is 4.05. The topological polar surface area (TPSA) is 12.0 Å². The predicted molar refractivity (Wildman–Crippen MR) is 70.3 cm³/mol. The second kappa shape index (κ2) is 6.03. The Hall–Kier alpha value is -0.320. The van der Waals surface area contributed by atoms with Crippen LogP contribution >= 0.6 is 23.4 Å². The van der Waals surface area contributed by atoms with E-state index >= 15 is 0 Å². The summed E-state index contributed by atoms with van der Waals surface area (Å²) in [5.41, 5.74) is -0.0510. The molecular formula is C12H16ClF2NS. The molecule has 17 heavy (non-hydrogen) atoms. The number of benzene rings is 1. The molecule has 0 bridgehead atoms. The lowest BCUT2D eigenvalue weighted by Gasteiger charge is -2.17. The molecule has 0 aromatic heterocycles. The van der Waals surface area contributed by atoms with E-state index < -0.39 is 5.92 Å². The number of nitrogens with one attached hydrogen (secondary N) is 1. The molecule has 0 saturated heterocycles. The van der Waals surface area contributed by atoms with Crippen LogP contribution in [-0.2, 0) is 5.92 Å². The van der Waals surface area contributed by atoms with Crippen molar-refractivity contribution in [2.45, 2.75) is 29.9 Å². The molecule has 0 atom stereocenters. The van der Waals surface area contributed by atoms with Crippen molar-refractivity contribution in [3.05, 3.63) is 28.8 Å². The molecule has 96 valence electrons. The largest absolute Gasteiger partial charge is 0.314 e. The van der Waals surface area contributed by atoms with Gasteiger partial charge in [-0.05, 0) is 19.2 Å². The Labute approximate surface area is 110 Å². The van der Waals surface area contributed by atoms with Crippen molar-refractivity contribution in [3.8, 4) is 0 Å². The average Bonchev–Trinajstić information content (AvgIpc) is 2.20. The molecule has 1 rings (SSSR count). The van der Waals surface area contributed by atoms with Gasteiger partial charge in [-0.1, -0.05) is 31.5 Å². The number of thioether (sulfide) groups is 1. The van der Waals surface area contributed by atoms with Crippen molar-refractivity contribution in [1.29, 1.82) is 0 Å². The molecular weight excluding hydrogens is 264 g/mol. The highest BCUT2D eigenvalue weighted by Crippen LogP contribution is 2.35. The van der Waals surface area contributed by atoms with Crippen LogP contribution in [0.3, 0.4) is 0 Å².